The number of carbonyl (C=O) groups is 1. The monoisotopic (exact) mass is 384 g/mol. The van der Waals surface area contributed by atoms with Crippen LogP contribution in [0.15, 0.2) is 30.5 Å². The van der Waals surface area contributed by atoms with Crippen LogP contribution in [0.4, 0.5) is 0 Å². The van der Waals surface area contributed by atoms with Gasteiger partial charge in [-0.05, 0) is 83.7 Å². The largest absolute Gasteiger partial charge is 0.471 e. The molecule has 2 N–H and O–H groups in total. The number of amides is 1. The summed E-state index contributed by atoms with van der Waals surface area (Å²) >= 11 is 0. The first-order valence-corrected chi connectivity index (χ1v) is 9.86. The van der Waals surface area contributed by atoms with E-state index < -0.39 is 0 Å². The van der Waals surface area contributed by atoms with Crippen LogP contribution in [0.1, 0.15) is 62.2 Å². The fraction of sp³-hybridized carbons (Fsp3) is 0.545. The minimum atomic E-state index is -0.136. The number of carbonyl (C=O) groups excluding carboxylic acids is 1. The van der Waals surface area contributed by atoms with Crippen molar-refractivity contribution in [1.82, 2.24) is 20.4 Å². The molecular weight excluding hydrogens is 352 g/mol. The number of aromatic nitrogens is 2. The zero-order valence-electron chi connectivity index (χ0n) is 17.8. The molecule has 0 atom stereocenters. The number of piperidine rings is 1. The second-order valence-electron chi connectivity index (χ2n) is 9.31. The van der Waals surface area contributed by atoms with Gasteiger partial charge in [-0.25, -0.2) is 4.68 Å². The molecule has 1 aliphatic rings. The van der Waals surface area contributed by atoms with E-state index in [-0.39, 0.29) is 29.8 Å². The van der Waals surface area contributed by atoms with E-state index in [1.807, 2.05) is 26.0 Å². The predicted octanol–water partition coefficient (Wildman–Crippen LogP) is 3.58. The molecule has 1 saturated heterocycles. The molecule has 1 fully saturated rings. The zero-order valence-corrected chi connectivity index (χ0v) is 17.8. The molecule has 152 valence electrons. The number of nitrogens with zero attached hydrogens (tertiary/aromatic N) is 2. The molecule has 0 aliphatic carbocycles. The lowest BCUT2D eigenvalue weighted by Gasteiger charge is -2.46. The molecule has 2 aromatic rings. The number of rotatable bonds is 5. The highest BCUT2D eigenvalue weighted by atomic mass is 16.5. The Bertz CT molecular complexity index is 818. The van der Waals surface area contributed by atoms with E-state index in [4.69, 9.17) is 4.74 Å². The van der Waals surface area contributed by atoms with E-state index >= 15 is 0 Å². The van der Waals surface area contributed by atoms with Crippen LogP contribution in [-0.4, -0.2) is 32.8 Å². The van der Waals surface area contributed by atoms with Gasteiger partial charge in [-0.1, -0.05) is 6.07 Å². The van der Waals surface area contributed by atoms with E-state index in [1.165, 1.54) is 0 Å². The van der Waals surface area contributed by atoms with Crippen LogP contribution in [0.3, 0.4) is 0 Å². The molecule has 0 unspecified atom stereocenters. The SMILES string of the molecule is Cc1cc(C)cc(OCn2ccc(C(=O)NC3CC(C)(C)NC(C)(C)C3)n2)c1. The van der Waals surface area contributed by atoms with Gasteiger partial charge < -0.3 is 15.4 Å². The number of hydrogen-bond donors (Lipinski definition) is 2. The first-order valence-electron chi connectivity index (χ1n) is 9.86. The summed E-state index contributed by atoms with van der Waals surface area (Å²) in [4.78, 5) is 12.7. The van der Waals surface area contributed by atoms with Gasteiger partial charge in [0, 0.05) is 23.3 Å². The van der Waals surface area contributed by atoms with Crippen LogP contribution < -0.4 is 15.4 Å². The third-order valence-electron chi connectivity index (χ3n) is 4.96. The topological polar surface area (TPSA) is 68.2 Å². The van der Waals surface area contributed by atoms with Crippen molar-refractivity contribution in [3.63, 3.8) is 0 Å². The maximum atomic E-state index is 12.7. The highest BCUT2D eigenvalue weighted by Crippen LogP contribution is 2.28. The molecule has 28 heavy (non-hydrogen) atoms. The van der Waals surface area contributed by atoms with Crippen LogP contribution in [0.2, 0.25) is 0 Å². The normalized spacial score (nSPS) is 18.6. The van der Waals surface area contributed by atoms with Crippen molar-refractivity contribution in [2.24, 2.45) is 0 Å². The fourth-order valence-electron chi connectivity index (χ4n) is 4.40. The Morgan fingerprint density at radius 3 is 2.39 bits per heavy atom. The number of aryl methyl sites for hydroxylation is 2. The molecule has 0 spiro atoms. The molecule has 2 heterocycles. The van der Waals surface area contributed by atoms with E-state index in [0.717, 1.165) is 29.7 Å². The van der Waals surface area contributed by atoms with E-state index in [9.17, 15) is 4.79 Å². The molecule has 1 aliphatic heterocycles. The number of hydrogen-bond acceptors (Lipinski definition) is 4. The number of nitrogens with one attached hydrogen (secondary N) is 2. The van der Waals surface area contributed by atoms with Gasteiger partial charge in [0.2, 0.25) is 0 Å². The van der Waals surface area contributed by atoms with E-state index in [0.29, 0.717) is 5.69 Å². The summed E-state index contributed by atoms with van der Waals surface area (Å²) in [7, 11) is 0. The fourth-order valence-corrected chi connectivity index (χ4v) is 4.40. The van der Waals surface area contributed by atoms with Gasteiger partial charge >= 0.3 is 0 Å². The first kappa shape index (κ1) is 20.4. The third kappa shape index (κ3) is 5.35. The number of benzene rings is 1. The Kier molecular flexibility index (Phi) is 5.53. The summed E-state index contributed by atoms with van der Waals surface area (Å²) in [5, 5.41) is 11.2. The molecule has 3 rings (SSSR count). The second-order valence-corrected chi connectivity index (χ2v) is 9.31. The van der Waals surface area contributed by atoms with Crippen LogP contribution in [-0.2, 0) is 6.73 Å². The van der Waals surface area contributed by atoms with E-state index in [1.54, 1.807) is 16.9 Å². The minimum Gasteiger partial charge on any atom is -0.471 e. The quantitative estimate of drug-likeness (QED) is 0.827. The summed E-state index contributed by atoms with van der Waals surface area (Å²) in [6.07, 6.45) is 3.55. The van der Waals surface area contributed by atoms with Crippen molar-refractivity contribution >= 4 is 5.91 Å². The maximum absolute atomic E-state index is 12.7. The van der Waals surface area contributed by atoms with Gasteiger partial charge in [-0.3, -0.25) is 4.79 Å². The minimum absolute atomic E-state index is 0.0150. The zero-order chi connectivity index (χ0) is 20.5. The van der Waals surface area contributed by atoms with Crippen LogP contribution in [0.5, 0.6) is 5.75 Å². The van der Waals surface area contributed by atoms with Gasteiger partial charge in [-0.2, -0.15) is 5.10 Å². The average molecular weight is 385 g/mol. The second kappa shape index (κ2) is 7.59. The highest BCUT2D eigenvalue weighted by molar-refractivity contribution is 5.92. The smallest absolute Gasteiger partial charge is 0.271 e. The molecular formula is C22H32N4O2. The van der Waals surface area contributed by atoms with Gasteiger partial charge in [0.15, 0.2) is 6.73 Å². The first-order chi connectivity index (χ1) is 13.0. The average Bonchev–Trinajstić information content (AvgIpc) is 2.98. The lowest BCUT2D eigenvalue weighted by molar-refractivity contribution is 0.0866. The molecule has 0 saturated carbocycles. The predicted molar refractivity (Wildman–Crippen MR) is 111 cm³/mol. The Morgan fingerprint density at radius 1 is 1.18 bits per heavy atom. The maximum Gasteiger partial charge on any atom is 0.271 e. The Morgan fingerprint density at radius 2 is 1.79 bits per heavy atom. The van der Waals surface area contributed by atoms with Crippen LogP contribution >= 0.6 is 0 Å². The number of ether oxygens (including phenoxy) is 1. The molecule has 0 radical (unpaired) electrons. The molecule has 1 aromatic heterocycles. The Balaban J connectivity index is 1.59. The summed E-state index contributed by atoms with van der Waals surface area (Å²) < 4.78 is 7.45. The van der Waals surface area contributed by atoms with Crippen molar-refractivity contribution in [3.8, 4) is 5.75 Å². The van der Waals surface area contributed by atoms with Crippen LogP contribution in [0, 0.1) is 13.8 Å². The molecule has 1 amide bonds. The Hall–Kier alpha value is -2.34. The lowest BCUT2D eigenvalue weighted by atomic mass is 9.79. The van der Waals surface area contributed by atoms with Crippen molar-refractivity contribution in [2.75, 3.05) is 0 Å². The van der Waals surface area contributed by atoms with Crippen molar-refractivity contribution in [2.45, 2.75) is 78.2 Å². The molecule has 6 nitrogen and oxygen atoms in total. The van der Waals surface area contributed by atoms with Gasteiger partial charge in [0.05, 0.1) is 0 Å². The van der Waals surface area contributed by atoms with Gasteiger partial charge in [-0.15, -0.1) is 0 Å². The standard InChI is InChI=1S/C22H32N4O2/c1-15-9-16(2)11-18(10-15)28-14-26-8-7-19(24-26)20(27)23-17-12-21(3,4)25-22(5,6)13-17/h7-11,17,25H,12-14H2,1-6H3,(H,23,27). The lowest BCUT2D eigenvalue weighted by Crippen LogP contribution is -2.62. The van der Waals surface area contributed by atoms with Crippen molar-refractivity contribution in [1.29, 1.82) is 0 Å². The van der Waals surface area contributed by atoms with Crippen LogP contribution in [0.25, 0.3) is 0 Å². The molecule has 0 bridgehead atoms. The Labute approximate surface area is 167 Å². The summed E-state index contributed by atoms with van der Waals surface area (Å²) in [6.45, 7) is 13.0. The summed E-state index contributed by atoms with van der Waals surface area (Å²) in [5.74, 6) is 0.668. The third-order valence-corrected chi connectivity index (χ3v) is 4.96. The summed E-state index contributed by atoms with van der Waals surface area (Å²) in [6, 6.07) is 7.94. The molecule has 1 aromatic carbocycles. The highest BCUT2D eigenvalue weighted by Gasteiger charge is 2.38. The van der Waals surface area contributed by atoms with Crippen molar-refractivity contribution in [3.05, 3.63) is 47.3 Å². The van der Waals surface area contributed by atoms with E-state index in [2.05, 4.69) is 49.5 Å². The molecule has 6 heteroatoms. The summed E-state index contributed by atoms with van der Waals surface area (Å²) in [5.41, 5.74) is 2.70. The van der Waals surface area contributed by atoms with Gasteiger partial charge in [0.1, 0.15) is 11.4 Å². The van der Waals surface area contributed by atoms with Crippen molar-refractivity contribution < 1.29 is 9.53 Å². The van der Waals surface area contributed by atoms with Gasteiger partial charge in [0.25, 0.3) is 5.91 Å².